The highest BCUT2D eigenvalue weighted by molar-refractivity contribution is 5.48. The van der Waals surface area contributed by atoms with E-state index >= 15 is 0 Å². The van der Waals surface area contributed by atoms with Crippen LogP contribution in [0.1, 0.15) is 22.3 Å². The summed E-state index contributed by atoms with van der Waals surface area (Å²) in [5.41, 5.74) is 9.41. The first-order valence-electron chi connectivity index (χ1n) is 6.67. The Kier molecular flexibility index (Phi) is 4.55. The molecule has 5 nitrogen and oxygen atoms in total. The van der Waals surface area contributed by atoms with Crippen LogP contribution in [0.15, 0.2) is 36.4 Å². The predicted octanol–water partition coefficient (Wildman–Crippen LogP) is 3.25. The van der Waals surface area contributed by atoms with Crippen LogP contribution in [0.2, 0.25) is 0 Å². The topological polar surface area (TPSA) is 78.4 Å². The lowest BCUT2D eigenvalue weighted by Gasteiger charge is -2.10. The van der Waals surface area contributed by atoms with Crippen LogP contribution in [-0.4, -0.2) is 4.92 Å². The third-order valence-electron chi connectivity index (χ3n) is 3.34. The Labute approximate surface area is 123 Å². The number of hydrogen-bond acceptors (Lipinski definition) is 4. The minimum atomic E-state index is -0.447. The van der Waals surface area contributed by atoms with E-state index in [0.717, 1.165) is 16.7 Å². The number of ether oxygens (including phenoxy) is 1. The SMILES string of the molecule is Cc1ccc(C)c(COc2ccc(CN)cc2[N+](=O)[O-])c1. The van der Waals surface area contributed by atoms with Crippen LogP contribution >= 0.6 is 0 Å². The number of hydrogen-bond donors (Lipinski definition) is 1. The second-order valence-electron chi connectivity index (χ2n) is 4.98. The maximum absolute atomic E-state index is 11.1. The number of aryl methyl sites for hydroxylation is 2. The Morgan fingerprint density at radius 2 is 1.95 bits per heavy atom. The van der Waals surface area contributed by atoms with Crippen LogP contribution in [-0.2, 0) is 13.2 Å². The van der Waals surface area contributed by atoms with Crippen molar-refractivity contribution in [2.24, 2.45) is 5.73 Å². The van der Waals surface area contributed by atoms with Gasteiger partial charge < -0.3 is 10.5 Å². The fourth-order valence-electron chi connectivity index (χ4n) is 2.07. The molecule has 0 unspecified atom stereocenters. The lowest BCUT2D eigenvalue weighted by atomic mass is 10.1. The van der Waals surface area contributed by atoms with E-state index in [2.05, 4.69) is 0 Å². The molecule has 0 heterocycles. The number of nitro groups is 1. The Hall–Kier alpha value is -2.40. The summed E-state index contributed by atoms with van der Waals surface area (Å²) in [6.45, 7) is 4.56. The largest absolute Gasteiger partial charge is 0.482 e. The summed E-state index contributed by atoms with van der Waals surface area (Å²) < 4.78 is 5.64. The average molecular weight is 286 g/mol. The van der Waals surface area contributed by atoms with Crippen LogP contribution in [0.4, 0.5) is 5.69 Å². The number of nitrogens with two attached hydrogens (primary N) is 1. The number of nitro benzene ring substituents is 1. The first-order valence-corrected chi connectivity index (χ1v) is 6.67. The average Bonchev–Trinajstić information content (AvgIpc) is 2.48. The van der Waals surface area contributed by atoms with Crippen molar-refractivity contribution in [2.45, 2.75) is 27.0 Å². The molecule has 2 N–H and O–H groups in total. The lowest BCUT2D eigenvalue weighted by Crippen LogP contribution is -2.03. The molecule has 2 aromatic rings. The fraction of sp³-hybridized carbons (Fsp3) is 0.250. The molecular formula is C16H18N2O3. The Morgan fingerprint density at radius 3 is 2.62 bits per heavy atom. The number of benzene rings is 2. The molecule has 5 heteroatoms. The number of nitrogens with zero attached hydrogens (tertiary/aromatic N) is 1. The van der Waals surface area contributed by atoms with Gasteiger partial charge in [0.25, 0.3) is 0 Å². The van der Waals surface area contributed by atoms with Crippen molar-refractivity contribution in [3.05, 3.63) is 68.8 Å². The second kappa shape index (κ2) is 6.37. The third-order valence-corrected chi connectivity index (χ3v) is 3.34. The lowest BCUT2D eigenvalue weighted by molar-refractivity contribution is -0.386. The van der Waals surface area contributed by atoms with Crippen LogP contribution in [0.3, 0.4) is 0 Å². The van der Waals surface area contributed by atoms with Crippen molar-refractivity contribution in [1.82, 2.24) is 0 Å². The molecule has 0 saturated heterocycles. The zero-order valence-electron chi connectivity index (χ0n) is 12.1. The maximum atomic E-state index is 11.1. The summed E-state index contributed by atoms with van der Waals surface area (Å²) in [6, 6.07) is 10.9. The zero-order chi connectivity index (χ0) is 15.4. The van der Waals surface area contributed by atoms with Gasteiger partial charge in [0.05, 0.1) is 4.92 Å². The van der Waals surface area contributed by atoms with Gasteiger partial charge in [-0.1, -0.05) is 29.8 Å². The Morgan fingerprint density at radius 1 is 1.19 bits per heavy atom. The molecule has 0 aliphatic heterocycles. The van der Waals surface area contributed by atoms with Crippen molar-refractivity contribution >= 4 is 5.69 Å². The normalized spacial score (nSPS) is 10.4. The van der Waals surface area contributed by atoms with Crippen LogP contribution in [0.5, 0.6) is 5.75 Å². The summed E-state index contributed by atoms with van der Waals surface area (Å²) in [7, 11) is 0. The molecule has 0 bridgehead atoms. The number of rotatable bonds is 5. The first kappa shape index (κ1) is 15.0. The van der Waals surface area contributed by atoms with E-state index < -0.39 is 4.92 Å². The Balaban J connectivity index is 2.23. The molecule has 0 spiro atoms. The van der Waals surface area contributed by atoms with E-state index in [0.29, 0.717) is 12.2 Å². The summed E-state index contributed by atoms with van der Waals surface area (Å²) in [4.78, 5) is 10.7. The van der Waals surface area contributed by atoms with Gasteiger partial charge in [-0.05, 0) is 36.6 Å². The molecule has 0 amide bonds. The van der Waals surface area contributed by atoms with Crippen molar-refractivity contribution in [1.29, 1.82) is 0 Å². The minimum Gasteiger partial charge on any atom is -0.482 e. The quantitative estimate of drug-likeness (QED) is 0.676. The molecule has 0 aromatic heterocycles. The van der Waals surface area contributed by atoms with E-state index in [-0.39, 0.29) is 18.0 Å². The van der Waals surface area contributed by atoms with Gasteiger partial charge in [-0.2, -0.15) is 0 Å². The van der Waals surface area contributed by atoms with E-state index in [9.17, 15) is 10.1 Å². The van der Waals surface area contributed by atoms with Gasteiger partial charge in [0, 0.05) is 12.6 Å². The van der Waals surface area contributed by atoms with Gasteiger partial charge in [0.1, 0.15) is 6.61 Å². The summed E-state index contributed by atoms with van der Waals surface area (Å²) in [5.74, 6) is 0.262. The third kappa shape index (κ3) is 3.58. The van der Waals surface area contributed by atoms with Crippen LogP contribution in [0, 0.1) is 24.0 Å². The second-order valence-corrected chi connectivity index (χ2v) is 4.98. The zero-order valence-corrected chi connectivity index (χ0v) is 12.1. The predicted molar refractivity (Wildman–Crippen MR) is 81.2 cm³/mol. The van der Waals surface area contributed by atoms with E-state index in [4.69, 9.17) is 10.5 Å². The monoisotopic (exact) mass is 286 g/mol. The van der Waals surface area contributed by atoms with Gasteiger partial charge in [-0.25, -0.2) is 0 Å². The van der Waals surface area contributed by atoms with Crippen molar-refractivity contribution in [2.75, 3.05) is 0 Å². The fourth-order valence-corrected chi connectivity index (χ4v) is 2.07. The highest BCUT2D eigenvalue weighted by Gasteiger charge is 2.16. The standard InChI is InChI=1S/C16H18N2O3/c1-11-3-4-12(2)14(7-11)10-21-16-6-5-13(9-17)8-15(16)18(19)20/h3-8H,9-10,17H2,1-2H3. The summed E-state index contributed by atoms with van der Waals surface area (Å²) in [5, 5.41) is 11.1. The van der Waals surface area contributed by atoms with Crippen molar-refractivity contribution in [3.63, 3.8) is 0 Å². The Bertz CT molecular complexity index is 669. The maximum Gasteiger partial charge on any atom is 0.311 e. The highest BCUT2D eigenvalue weighted by atomic mass is 16.6. The molecule has 2 aromatic carbocycles. The molecular weight excluding hydrogens is 268 g/mol. The molecule has 0 aliphatic carbocycles. The molecule has 0 saturated carbocycles. The summed E-state index contributed by atoms with van der Waals surface area (Å²) >= 11 is 0. The van der Waals surface area contributed by atoms with Gasteiger partial charge in [0.2, 0.25) is 0 Å². The molecule has 0 atom stereocenters. The van der Waals surface area contributed by atoms with E-state index in [1.54, 1.807) is 12.1 Å². The molecule has 2 rings (SSSR count). The van der Waals surface area contributed by atoms with Gasteiger partial charge in [-0.15, -0.1) is 0 Å². The van der Waals surface area contributed by atoms with Gasteiger partial charge >= 0.3 is 5.69 Å². The molecule has 0 aliphatic rings. The summed E-state index contributed by atoms with van der Waals surface area (Å²) in [6.07, 6.45) is 0. The highest BCUT2D eigenvalue weighted by Crippen LogP contribution is 2.29. The molecule has 0 radical (unpaired) electrons. The van der Waals surface area contributed by atoms with Crippen LogP contribution in [0.25, 0.3) is 0 Å². The van der Waals surface area contributed by atoms with E-state index in [1.165, 1.54) is 6.07 Å². The molecule has 110 valence electrons. The molecule has 21 heavy (non-hydrogen) atoms. The van der Waals surface area contributed by atoms with Crippen molar-refractivity contribution in [3.8, 4) is 5.75 Å². The van der Waals surface area contributed by atoms with Crippen LogP contribution < -0.4 is 10.5 Å². The van der Waals surface area contributed by atoms with E-state index in [1.807, 2.05) is 32.0 Å². The van der Waals surface area contributed by atoms with Gasteiger partial charge in [0.15, 0.2) is 5.75 Å². The smallest absolute Gasteiger partial charge is 0.311 e. The first-order chi connectivity index (χ1) is 10.0. The molecule has 0 fully saturated rings. The minimum absolute atomic E-state index is 0.0525. The van der Waals surface area contributed by atoms with Crippen molar-refractivity contribution < 1.29 is 9.66 Å². The van der Waals surface area contributed by atoms with Gasteiger partial charge in [-0.3, -0.25) is 10.1 Å².